The Balaban J connectivity index is 2.83. The van der Waals surface area contributed by atoms with Crippen LogP contribution in [0.2, 0.25) is 5.02 Å². The summed E-state index contributed by atoms with van der Waals surface area (Å²) < 4.78 is 15.2. The summed E-state index contributed by atoms with van der Waals surface area (Å²) in [7, 11) is 3.04. The first kappa shape index (κ1) is 16.9. The number of hydrogen-bond donors (Lipinski definition) is 0. The van der Waals surface area contributed by atoms with Crippen LogP contribution in [0.3, 0.4) is 0 Å². The number of carbonyl (C=O) groups is 1. The Morgan fingerprint density at radius 1 is 1.30 bits per heavy atom. The molecule has 0 N–H and O–H groups in total. The van der Waals surface area contributed by atoms with Crippen LogP contribution in [0.5, 0.6) is 11.5 Å². The first-order valence-electron chi connectivity index (χ1n) is 6.25. The number of esters is 1. The van der Waals surface area contributed by atoms with E-state index < -0.39 is 5.38 Å². The fraction of sp³-hybridized carbons (Fsp3) is 0.500. The Labute approximate surface area is 128 Å². The number of hydrogen-bond acceptors (Lipinski definition) is 4. The molecule has 112 valence electrons. The van der Waals surface area contributed by atoms with E-state index in [1.165, 1.54) is 14.2 Å². The monoisotopic (exact) mass is 320 g/mol. The molecule has 1 unspecified atom stereocenters. The highest BCUT2D eigenvalue weighted by Crippen LogP contribution is 2.42. The first-order chi connectivity index (χ1) is 9.54. The van der Waals surface area contributed by atoms with Gasteiger partial charge in [-0.05, 0) is 25.0 Å². The van der Waals surface area contributed by atoms with Gasteiger partial charge in [0.15, 0.2) is 11.5 Å². The van der Waals surface area contributed by atoms with Crippen molar-refractivity contribution < 1.29 is 19.0 Å². The lowest BCUT2D eigenvalue weighted by Crippen LogP contribution is -2.05. The maximum absolute atomic E-state index is 11.3. The smallest absolute Gasteiger partial charge is 0.305 e. The predicted molar refractivity (Wildman–Crippen MR) is 79.0 cm³/mol. The maximum atomic E-state index is 11.3. The van der Waals surface area contributed by atoms with Gasteiger partial charge in [-0.2, -0.15) is 0 Å². The topological polar surface area (TPSA) is 44.8 Å². The zero-order chi connectivity index (χ0) is 15.1. The van der Waals surface area contributed by atoms with Crippen molar-refractivity contribution in [1.82, 2.24) is 0 Å². The van der Waals surface area contributed by atoms with Gasteiger partial charge in [0.25, 0.3) is 0 Å². The van der Waals surface area contributed by atoms with Gasteiger partial charge >= 0.3 is 5.97 Å². The van der Waals surface area contributed by atoms with Gasteiger partial charge < -0.3 is 14.2 Å². The summed E-state index contributed by atoms with van der Waals surface area (Å²) in [6.07, 6.45) is 0.683. The average Bonchev–Trinajstić information content (AvgIpc) is 2.44. The van der Waals surface area contributed by atoms with Crippen LogP contribution < -0.4 is 9.47 Å². The molecule has 0 bridgehead atoms. The molecule has 0 amide bonds. The van der Waals surface area contributed by atoms with Gasteiger partial charge in [-0.25, -0.2) is 0 Å². The highest BCUT2D eigenvalue weighted by Gasteiger charge is 2.19. The molecule has 0 spiro atoms. The Morgan fingerprint density at radius 3 is 2.55 bits per heavy atom. The SMILES string of the molecule is CCOC(=O)CCC(Cl)c1ccc(OC)c(OC)c1Cl. The molecule has 0 radical (unpaired) electrons. The van der Waals surface area contributed by atoms with E-state index in [0.29, 0.717) is 35.1 Å². The molecule has 1 aromatic carbocycles. The van der Waals surface area contributed by atoms with Crippen LogP contribution >= 0.6 is 23.2 Å². The zero-order valence-electron chi connectivity index (χ0n) is 11.7. The fourth-order valence-corrected chi connectivity index (χ4v) is 2.49. The molecule has 0 saturated heterocycles. The number of alkyl halides is 1. The molecular formula is C14H18Cl2O4. The molecular weight excluding hydrogens is 303 g/mol. The van der Waals surface area contributed by atoms with Crippen molar-refractivity contribution in [3.05, 3.63) is 22.7 Å². The molecule has 0 fully saturated rings. The number of carbonyl (C=O) groups excluding carboxylic acids is 1. The number of methoxy groups -OCH3 is 2. The Hall–Kier alpha value is -1.13. The lowest BCUT2D eigenvalue weighted by molar-refractivity contribution is -0.143. The molecule has 0 saturated carbocycles. The minimum atomic E-state index is -0.397. The van der Waals surface area contributed by atoms with E-state index in [9.17, 15) is 4.79 Å². The first-order valence-corrected chi connectivity index (χ1v) is 7.06. The van der Waals surface area contributed by atoms with Gasteiger partial charge in [-0.3, -0.25) is 4.79 Å². The molecule has 0 aromatic heterocycles. The molecule has 0 aliphatic carbocycles. The number of rotatable bonds is 7. The van der Waals surface area contributed by atoms with Crippen molar-refractivity contribution in [3.8, 4) is 11.5 Å². The van der Waals surface area contributed by atoms with Gasteiger partial charge in [0.2, 0.25) is 0 Å². The lowest BCUT2D eigenvalue weighted by atomic mass is 10.1. The van der Waals surface area contributed by atoms with Crippen molar-refractivity contribution in [2.75, 3.05) is 20.8 Å². The van der Waals surface area contributed by atoms with E-state index in [1.54, 1.807) is 19.1 Å². The Kier molecular flexibility index (Phi) is 6.96. The van der Waals surface area contributed by atoms with Crippen LogP contribution in [0.4, 0.5) is 0 Å². The van der Waals surface area contributed by atoms with Gasteiger partial charge in [0.1, 0.15) is 0 Å². The van der Waals surface area contributed by atoms with E-state index >= 15 is 0 Å². The molecule has 4 nitrogen and oxygen atoms in total. The summed E-state index contributed by atoms with van der Waals surface area (Å²) in [5.41, 5.74) is 0.704. The maximum Gasteiger partial charge on any atom is 0.305 e. The van der Waals surface area contributed by atoms with Crippen LogP contribution in [0.15, 0.2) is 12.1 Å². The number of ether oxygens (including phenoxy) is 3. The normalized spacial score (nSPS) is 11.8. The van der Waals surface area contributed by atoms with Crippen LogP contribution in [-0.2, 0) is 9.53 Å². The van der Waals surface area contributed by atoms with Crippen LogP contribution in [0.1, 0.15) is 30.7 Å². The van der Waals surface area contributed by atoms with E-state index in [1.807, 2.05) is 0 Å². The third kappa shape index (κ3) is 4.18. The summed E-state index contributed by atoms with van der Waals surface area (Å²) in [6.45, 7) is 2.13. The third-order valence-corrected chi connectivity index (χ3v) is 3.60. The van der Waals surface area contributed by atoms with Crippen molar-refractivity contribution in [2.45, 2.75) is 25.1 Å². The number of halogens is 2. The van der Waals surface area contributed by atoms with E-state index in [0.717, 1.165) is 0 Å². The van der Waals surface area contributed by atoms with E-state index in [2.05, 4.69) is 0 Å². The van der Waals surface area contributed by atoms with Crippen molar-refractivity contribution in [2.24, 2.45) is 0 Å². The van der Waals surface area contributed by atoms with Crippen LogP contribution in [0, 0.1) is 0 Å². The highest BCUT2D eigenvalue weighted by atomic mass is 35.5. The second-order valence-electron chi connectivity index (χ2n) is 4.02. The Morgan fingerprint density at radius 2 is 2.00 bits per heavy atom. The molecule has 0 heterocycles. The average molecular weight is 321 g/mol. The van der Waals surface area contributed by atoms with Crippen molar-refractivity contribution >= 4 is 29.2 Å². The van der Waals surface area contributed by atoms with Crippen LogP contribution in [0.25, 0.3) is 0 Å². The lowest BCUT2D eigenvalue weighted by Gasteiger charge is -2.16. The molecule has 1 aromatic rings. The molecule has 1 rings (SSSR count). The van der Waals surface area contributed by atoms with Gasteiger partial charge in [-0.1, -0.05) is 17.7 Å². The highest BCUT2D eigenvalue weighted by molar-refractivity contribution is 6.34. The summed E-state index contributed by atoms with van der Waals surface area (Å²) in [5.74, 6) is 0.707. The second-order valence-corrected chi connectivity index (χ2v) is 4.92. The molecule has 0 aliphatic rings. The van der Waals surface area contributed by atoms with Gasteiger partial charge in [0.05, 0.1) is 31.2 Å². The van der Waals surface area contributed by atoms with E-state index in [4.69, 9.17) is 37.4 Å². The zero-order valence-corrected chi connectivity index (χ0v) is 13.3. The summed E-state index contributed by atoms with van der Waals surface area (Å²) in [6, 6.07) is 3.51. The molecule has 1 atom stereocenters. The summed E-state index contributed by atoms with van der Waals surface area (Å²) in [4.78, 5) is 11.3. The summed E-state index contributed by atoms with van der Waals surface area (Å²) in [5, 5.41) is 0.00224. The minimum Gasteiger partial charge on any atom is -0.493 e. The molecule has 6 heteroatoms. The van der Waals surface area contributed by atoms with E-state index in [-0.39, 0.29) is 12.4 Å². The standard InChI is InChI=1S/C14H18Cl2O4/c1-4-20-12(17)8-6-10(15)9-5-7-11(18-2)14(19-3)13(9)16/h5,7,10H,4,6,8H2,1-3H3. The van der Waals surface area contributed by atoms with Gasteiger partial charge in [0, 0.05) is 6.42 Å². The number of benzene rings is 1. The third-order valence-electron chi connectivity index (χ3n) is 2.76. The molecule has 0 aliphatic heterocycles. The van der Waals surface area contributed by atoms with Crippen molar-refractivity contribution in [1.29, 1.82) is 0 Å². The summed E-state index contributed by atoms with van der Waals surface area (Å²) >= 11 is 12.6. The van der Waals surface area contributed by atoms with Gasteiger partial charge in [-0.15, -0.1) is 11.6 Å². The Bertz CT molecular complexity index is 463. The van der Waals surface area contributed by atoms with Crippen molar-refractivity contribution in [3.63, 3.8) is 0 Å². The second kappa shape index (κ2) is 8.22. The fourth-order valence-electron chi connectivity index (χ4n) is 1.78. The minimum absolute atomic E-state index is 0.243. The molecule has 20 heavy (non-hydrogen) atoms. The predicted octanol–water partition coefficient (Wildman–Crippen LogP) is 3.98. The van der Waals surface area contributed by atoms with Crippen LogP contribution in [-0.4, -0.2) is 26.8 Å². The largest absolute Gasteiger partial charge is 0.493 e. The quantitative estimate of drug-likeness (QED) is 0.563.